The van der Waals surface area contributed by atoms with Crippen molar-refractivity contribution in [1.29, 1.82) is 0 Å². The van der Waals surface area contributed by atoms with E-state index in [0.717, 1.165) is 18.2 Å². The molecule has 0 bridgehead atoms. The molecule has 0 saturated heterocycles. The summed E-state index contributed by atoms with van der Waals surface area (Å²) >= 11 is 0. The smallest absolute Gasteiger partial charge is 0.335 e. The molecule has 3 aromatic rings. The zero-order chi connectivity index (χ0) is 19.1. The summed E-state index contributed by atoms with van der Waals surface area (Å²) in [7, 11) is -4.59. The van der Waals surface area contributed by atoms with Crippen LogP contribution in [0.1, 0.15) is 23.7 Å². The molecule has 1 aromatic heterocycles. The van der Waals surface area contributed by atoms with Gasteiger partial charge in [0.05, 0.1) is 27.8 Å². The molecule has 2 aromatic carbocycles. The maximum absolute atomic E-state index is 12.8. The minimum atomic E-state index is -4.59. The highest BCUT2D eigenvalue weighted by Crippen LogP contribution is 2.31. The van der Waals surface area contributed by atoms with E-state index in [1.165, 1.54) is 12.1 Å². The summed E-state index contributed by atoms with van der Waals surface area (Å²) in [5, 5.41) is 8.92. The lowest BCUT2D eigenvalue weighted by Crippen LogP contribution is -2.08. The molecular weight excluding hydrogens is 364 g/mol. The Bertz CT molecular complexity index is 1190. The predicted octanol–water partition coefficient (Wildman–Crippen LogP) is 2.68. The SMILES string of the molecule is CCCOc1cc(S(=O)(=O)O)cc2c(=O)c3cc(C(=O)O)ccc3oc12. The molecule has 26 heavy (non-hydrogen) atoms. The number of hydrogen-bond acceptors (Lipinski definition) is 6. The van der Waals surface area contributed by atoms with Crippen LogP contribution in [0.5, 0.6) is 5.75 Å². The second-order valence-corrected chi connectivity index (χ2v) is 6.99. The van der Waals surface area contributed by atoms with Crippen LogP contribution in [0.4, 0.5) is 0 Å². The highest BCUT2D eigenvalue weighted by atomic mass is 32.2. The molecule has 9 heteroatoms. The van der Waals surface area contributed by atoms with Crippen molar-refractivity contribution in [3.05, 3.63) is 46.1 Å². The average Bonchev–Trinajstić information content (AvgIpc) is 2.58. The van der Waals surface area contributed by atoms with Gasteiger partial charge in [0, 0.05) is 6.07 Å². The number of rotatable bonds is 5. The van der Waals surface area contributed by atoms with Crippen LogP contribution in [0, 0.1) is 0 Å². The Hall–Kier alpha value is -2.91. The van der Waals surface area contributed by atoms with Crippen LogP contribution in [-0.4, -0.2) is 30.7 Å². The van der Waals surface area contributed by atoms with Gasteiger partial charge >= 0.3 is 5.97 Å². The second kappa shape index (κ2) is 6.43. The number of carbonyl (C=O) groups is 1. The molecule has 0 unspecified atom stereocenters. The molecule has 0 atom stereocenters. The standard InChI is InChI=1S/C17H14O8S/c1-2-5-24-14-8-10(26(21,22)23)7-12-15(18)11-6-9(17(19)20)3-4-13(11)25-16(12)14/h3-4,6-8H,2,5H2,1H3,(H,19,20)(H,21,22,23). The summed E-state index contributed by atoms with van der Waals surface area (Å²) in [4.78, 5) is 23.4. The fraction of sp³-hybridized carbons (Fsp3) is 0.176. The molecule has 3 rings (SSSR count). The van der Waals surface area contributed by atoms with Gasteiger partial charge < -0.3 is 14.3 Å². The molecule has 0 fully saturated rings. The zero-order valence-electron chi connectivity index (χ0n) is 13.6. The van der Waals surface area contributed by atoms with Crippen LogP contribution in [0.25, 0.3) is 21.9 Å². The third-order valence-electron chi connectivity index (χ3n) is 3.72. The van der Waals surface area contributed by atoms with E-state index in [9.17, 15) is 22.6 Å². The number of benzene rings is 2. The van der Waals surface area contributed by atoms with Gasteiger partial charge in [-0.3, -0.25) is 9.35 Å². The summed E-state index contributed by atoms with van der Waals surface area (Å²) in [5.74, 6) is -1.22. The third-order valence-corrected chi connectivity index (χ3v) is 4.55. The van der Waals surface area contributed by atoms with Crippen LogP contribution in [0.3, 0.4) is 0 Å². The lowest BCUT2D eigenvalue weighted by molar-refractivity contribution is 0.0697. The van der Waals surface area contributed by atoms with Crippen molar-refractivity contribution in [2.45, 2.75) is 18.2 Å². The molecule has 0 saturated carbocycles. The number of carboxylic acids is 1. The minimum Gasteiger partial charge on any atom is -0.490 e. The van der Waals surface area contributed by atoms with Gasteiger partial charge in [-0.15, -0.1) is 0 Å². The van der Waals surface area contributed by atoms with Crippen molar-refractivity contribution >= 4 is 38.0 Å². The lowest BCUT2D eigenvalue weighted by atomic mass is 10.1. The highest BCUT2D eigenvalue weighted by Gasteiger charge is 2.20. The monoisotopic (exact) mass is 378 g/mol. The molecule has 136 valence electrons. The van der Waals surface area contributed by atoms with Gasteiger partial charge in [0.1, 0.15) is 5.58 Å². The summed E-state index contributed by atoms with van der Waals surface area (Å²) in [6.45, 7) is 2.08. The minimum absolute atomic E-state index is 0.00159. The lowest BCUT2D eigenvalue weighted by Gasteiger charge is -2.10. The number of carboxylic acid groups (broad SMARTS) is 1. The van der Waals surface area contributed by atoms with Crippen molar-refractivity contribution in [1.82, 2.24) is 0 Å². The maximum atomic E-state index is 12.8. The largest absolute Gasteiger partial charge is 0.490 e. The van der Waals surface area contributed by atoms with Crippen molar-refractivity contribution in [2.24, 2.45) is 0 Å². The van der Waals surface area contributed by atoms with Crippen molar-refractivity contribution in [2.75, 3.05) is 6.61 Å². The van der Waals surface area contributed by atoms with Gasteiger partial charge in [-0.25, -0.2) is 4.79 Å². The normalized spacial score (nSPS) is 11.8. The first-order valence-electron chi connectivity index (χ1n) is 7.60. The zero-order valence-corrected chi connectivity index (χ0v) is 14.4. The van der Waals surface area contributed by atoms with Crippen molar-refractivity contribution in [3.8, 4) is 5.75 Å². The first-order chi connectivity index (χ1) is 12.2. The molecule has 0 spiro atoms. The van der Waals surface area contributed by atoms with Crippen molar-refractivity contribution < 1.29 is 32.0 Å². The molecule has 2 N–H and O–H groups in total. The van der Waals surface area contributed by atoms with Crippen LogP contribution in [0.2, 0.25) is 0 Å². The van der Waals surface area contributed by atoms with Crippen molar-refractivity contribution in [3.63, 3.8) is 0 Å². The average molecular weight is 378 g/mol. The van der Waals surface area contributed by atoms with E-state index in [2.05, 4.69) is 0 Å². The Kier molecular flexibility index (Phi) is 4.43. The van der Waals surface area contributed by atoms with Crippen LogP contribution in [0.15, 0.2) is 44.4 Å². The Morgan fingerprint density at radius 3 is 2.54 bits per heavy atom. The van der Waals surface area contributed by atoms with E-state index < -0.39 is 26.4 Å². The van der Waals surface area contributed by atoms with Crippen LogP contribution >= 0.6 is 0 Å². The number of hydrogen-bond donors (Lipinski definition) is 2. The molecule has 0 aliphatic heterocycles. The number of ether oxygens (including phenoxy) is 1. The quantitative estimate of drug-likeness (QED) is 0.512. The fourth-order valence-corrected chi connectivity index (χ4v) is 3.03. The van der Waals surface area contributed by atoms with E-state index in [4.69, 9.17) is 14.3 Å². The number of fused-ring (bicyclic) bond motifs is 2. The van der Waals surface area contributed by atoms with E-state index in [1.807, 2.05) is 6.92 Å². The summed E-state index contributed by atoms with van der Waals surface area (Å²) in [5.41, 5.74) is -0.589. The van der Waals surface area contributed by atoms with Gasteiger partial charge in [-0.1, -0.05) is 6.92 Å². The topological polar surface area (TPSA) is 131 Å². The first kappa shape index (κ1) is 17.9. The summed E-state index contributed by atoms with van der Waals surface area (Å²) in [6.07, 6.45) is 0.622. The van der Waals surface area contributed by atoms with Gasteiger partial charge in [0.25, 0.3) is 10.1 Å². The maximum Gasteiger partial charge on any atom is 0.335 e. The van der Waals surface area contributed by atoms with E-state index in [1.54, 1.807) is 0 Å². The Balaban J connectivity index is 2.43. The third kappa shape index (κ3) is 3.14. The molecule has 0 aliphatic carbocycles. The molecule has 0 amide bonds. The van der Waals surface area contributed by atoms with Gasteiger partial charge in [-0.05, 0) is 30.7 Å². The molecule has 0 aliphatic rings. The highest BCUT2D eigenvalue weighted by molar-refractivity contribution is 7.85. The van der Waals surface area contributed by atoms with E-state index in [-0.39, 0.29) is 39.9 Å². The molecule has 1 heterocycles. The van der Waals surface area contributed by atoms with Gasteiger partial charge in [0.15, 0.2) is 11.3 Å². The van der Waals surface area contributed by atoms with Gasteiger partial charge in [-0.2, -0.15) is 8.42 Å². The molecule has 8 nitrogen and oxygen atoms in total. The predicted molar refractivity (Wildman–Crippen MR) is 92.5 cm³/mol. The molecule has 0 radical (unpaired) electrons. The van der Waals surface area contributed by atoms with Crippen LogP contribution in [-0.2, 0) is 10.1 Å². The molecular formula is C17H14O8S. The Morgan fingerprint density at radius 1 is 1.19 bits per heavy atom. The summed E-state index contributed by atoms with van der Waals surface area (Å²) in [6, 6.07) is 5.84. The first-order valence-corrected chi connectivity index (χ1v) is 9.04. The van der Waals surface area contributed by atoms with E-state index in [0.29, 0.717) is 6.42 Å². The second-order valence-electron chi connectivity index (χ2n) is 5.57. The van der Waals surface area contributed by atoms with Gasteiger partial charge in [0.2, 0.25) is 5.43 Å². The van der Waals surface area contributed by atoms with E-state index >= 15 is 0 Å². The fourth-order valence-electron chi connectivity index (χ4n) is 2.50. The Morgan fingerprint density at radius 2 is 1.92 bits per heavy atom. The summed E-state index contributed by atoms with van der Waals surface area (Å²) < 4.78 is 43.5. The van der Waals surface area contributed by atoms with Crippen LogP contribution < -0.4 is 10.2 Å². The number of aromatic carboxylic acids is 1. The Labute approximate surface area is 147 Å².